The molecule has 1 unspecified atom stereocenters. The van der Waals surface area contributed by atoms with Crippen molar-refractivity contribution in [1.29, 1.82) is 0 Å². The molecule has 110 valence electrons. The molecule has 0 radical (unpaired) electrons. The lowest BCUT2D eigenvalue weighted by atomic mass is 9.93. The Morgan fingerprint density at radius 1 is 1.45 bits per heavy atom. The van der Waals surface area contributed by atoms with Crippen LogP contribution >= 0.6 is 23.1 Å². The van der Waals surface area contributed by atoms with Gasteiger partial charge in [-0.25, -0.2) is 0 Å². The Morgan fingerprint density at radius 3 is 3.00 bits per heavy atom. The minimum atomic E-state index is 0.244. The number of rotatable bonds is 4. The van der Waals surface area contributed by atoms with Crippen molar-refractivity contribution in [2.75, 3.05) is 19.0 Å². The molecule has 20 heavy (non-hydrogen) atoms. The number of thioether (sulfide) groups is 1. The topological polar surface area (TPSA) is 33.6 Å². The quantitative estimate of drug-likeness (QED) is 0.917. The normalized spacial score (nSPS) is 24.9. The van der Waals surface area contributed by atoms with E-state index < -0.39 is 0 Å². The third-order valence-corrected chi connectivity index (χ3v) is 6.17. The Morgan fingerprint density at radius 2 is 2.30 bits per heavy atom. The maximum absolute atomic E-state index is 5.48. The third kappa shape index (κ3) is 3.21. The molecule has 3 nitrogen and oxygen atoms in total. The first-order valence-corrected chi connectivity index (χ1v) is 9.28. The Hall–Kier alpha value is -0.520. The van der Waals surface area contributed by atoms with Crippen LogP contribution in [0.15, 0.2) is 22.5 Å². The summed E-state index contributed by atoms with van der Waals surface area (Å²) < 4.78 is 5.48. The van der Waals surface area contributed by atoms with Crippen molar-refractivity contribution in [2.24, 2.45) is 4.99 Å². The highest BCUT2D eigenvalue weighted by atomic mass is 32.2. The Labute approximate surface area is 129 Å². The average molecular weight is 310 g/mol. The van der Waals surface area contributed by atoms with E-state index in [1.54, 1.807) is 0 Å². The van der Waals surface area contributed by atoms with Crippen LogP contribution in [0.4, 0.5) is 0 Å². The summed E-state index contributed by atoms with van der Waals surface area (Å²) >= 11 is 3.70. The molecule has 3 heterocycles. The fraction of sp³-hybridized carbons (Fsp3) is 0.667. The SMILES string of the molecule is CCCC(N=C1NC2(CCOCC2)CS1)c1cccs1. The number of ether oxygens (including phenoxy) is 1. The molecule has 3 rings (SSSR count). The van der Waals surface area contributed by atoms with E-state index in [9.17, 15) is 0 Å². The third-order valence-electron chi connectivity index (χ3n) is 4.01. The second-order valence-electron chi connectivity index (χ2n) is 5.56. The Kier molecular flexibility index (Phi) is 4.68. The number of nitrogens with one attached hydrogen (secondary N) is 1. The number of amidine groups is 1. The van der Waals surface area contributed by atoms with Crippen LogP contribution in [0.2, 0.25) is 0 Å². The molecule has 2 aliphatic rings. The molecule has 1 aromatic rings. The lowest BCUT2D eigenvalue weighted by Crippen LogP contribution is -2.48. The van der Waals surface area contributed by atoms with Crippen LogP contribution in [0.25, 0.3) is 0 Å². The van der Waals surface area contributed by atoms with Gasteiger partial charge in [-0.2, -0.15) is 0 Å². The first kappa shape index (κ1) is 14.4. The number of hydrogen-bond donors (Lipinski definition) is 1. The van der Waals surface area contributed by atoms with E-state index in [1.165, 1.54) is 11.3 Å². The first-order valence-electron chi connectivity index (χ1n) is 7.41. The molecular weight excluding hydrogens is 288 g/mol. The molecule has 1 spiro atoms. The highest BCUT2D eigenvalue weighted by Gasteiger charge is 2.38. The van der Waals surface area contributed by atoms with Gasteiger partial charge >= 0.3 is 0 Å². The Balaban J connectivity index is 1.71. The molecule has 2 fully saturated rings. The fourth-order valence-corrected chi connectivity index (χ4v) is 4.84. The first-order chi connectivity index (χ1) is 9.81. The molecule has 0 amide bonds. The van der Waals surface area contributed by atoms with Crippen molar-refractivity contribution in [3.63, 3.8) is 0 Å². The van der Waals surface area contributed by atoms with E-state index in [0.29, 0.717) is 6.04 Å². The maximum Gasteiger partial charge on any atom is 0.157 e. The van der Waals surface area contributed by atoms with Crippen molar-refractivity contribution in [3.8, 4) is 0 Å². The predicted octanol–water partition coefficient (Wildman–Crippen LogP) is 3.83. The van der Waals surface area contributed by atoms with Gasteiger partial charge in [0.25, 0.3) is 0 Å². The number of aliphatic imine (C=N–C) groups is 1. The molecule has 5 heteroatoms. The smallest absolute Gasteiger partial charge is 0.157 e. The predicted molar refractivity (Wildman–Crippen MR) is 87.8 cm³/mol. The zero-order chi connectivity index (χ0) is 13.8. The minimum absolute atomic E-state index is 0.244. The fourth-order valence-electron chi connectivity index (χ4n) is 2.77. The van der Waals surface area contributed by atoms with Crippen molar-refractivity contribution in [3.05, 3.63) is 22.4 Å². The molecule has 1 aromatic heterocycles. The lowest BCUT2D eigenvalue weighted by molar-refractivity contribution is 0.0555. The molecule has 0 bridgehead atoms. The molecular formula is C15H22N2OS2. The molecule has 2 saturated heterocycles. The van der Waals surface area contributed by atoms with Crippen LogP contribution in [-0.2, 0) is 4.74 Å². The van der Waals surface area contributed by atoms with Gasteiger partial charge in [-0.05, 0) is 30.7 Å². The van der Waals surface area contributed by atoms with Crippen LogP contribution in [0.1, 0.15) is 43.5 Å². The summed E-state index contributed by atoms with van der Waals surface area (Å²) in [5.74, 6) is 1.14. The van der Waals surface area contributed by atoms with Crippen molar-refractivity contribution < 1.29 is 4.74 Å². The van der Waals surface area contributed by atoms with Crippen LogP contribution < -0.4 is 5.32 Å². The Bertz CT molecular complexity index is 452. The summed E-state index contributed by atoms with van der Waals surface area (Å²) in [4.78, 5) is 6.38. The molecule has 0 aliphatic carbocycles. The molecule has 2 aliphatic heterocycles. The van der Waals surface area contributed by atoms with Crippen molar-refractivity contribution in [2.45, 2.75) is 44.2 Å². The maximum atomic E-state index is 5.48. The highest BCUT2D eigenvalue weighted by molar-refractivity contribution is 8.14. The molecule has 0 saturated carbocycles. The van der Waals surface area contributed by atoms with Gasteiger partial charge in [0.2, 0.25) is 0 Å². The summed E-state index contributed by atoms with van der Waals surface area (Å²) in [5.41, 5.74) is 0.244. The highest BCUT2D eigenvalue weighted by Crippen LogP contribution is 2.34. The summed E-state index contributed by atoms with van der Waals surface area (Å²) in [6, 6.07) is 4.65. The average Bonchev–Trinajstić information content (AvgIpc) is 3.10. The van der Waals surface area contributed by atoms with Crippen LogP contribution in [0.5, 0.6) is 0 Å². The lowest BCUT2D eigenvalue weighted by Gasteiger charge is -2.32. The minimum Gasteiger partial charge on any atom is -0.381 e. The van der Waals surface area contributed by atoms with E-state index in [0.717, 1.165) is 43.4 Å². The van der Waals surface area contributed by atoms with Gasteiger partial charge in [0.1, 0.15) is 0 Å². The van der Waals surface area contributed by atoms with Gasteiger partial charge in [-0.1, -0.05) is 31.2 Å². The van der Waals surface area contributed by atoms with E-state index in [-0.39, 0.29) is 5.54 Å². The number of thiophene rings is 1. The van der Waals surface area contributed by atoms with Crippen LogP contribution in [-0.4, -0.2) is 29.7 Å². The summed E-state index contributed by atoms with van der Waals surface area (Å²) in [7, 11) is 0. The zero-order valence-electron chi connectivity index (χ0n) is 11.9. The summed E-state index contributed by atoms with van der Waals surface area (Å²) in [5, 5.41) is 6.98. The second kappa shape index (κ2) is 6.50. The van der Waals surface area contributed by atoms with Gasteiger partial charge in [0, 0.05) is 23.8 Å². The standard InChI is InChI=1S/C15H22N2OS2/c1-2-4-12(13-5-3-10-19-13)16-14-17-15(11-20-14)6-8-18-9-7-15/h3,5,10,12H,2,4,6-9,11H2,1H3,(H,16,17). The number of hydrogen-bond acceptors (Lipinski definition) is 4. The van der Waals surface area contributed by atoms with Gasteiger partial charge in [0.15, 0.2) is 5.17 Å². The zero-order valence-corrected chi connectivity index (χ0v) is 13.6. The molecule has 1 atom stereocenters. The summed E-state index contributed by atoms with van der Waals surface area (Å²) in [6.07, 6.45) is 4.51. The van der Waals surface area contributed by atoms with Crippen molar-refractivity contribution in [1.82, 2.24) is 5.32 Å². The number of nitrogens with zero attached hydrogens (tertiary/aromatic N) is 1. The van der Waals surface area contributed by atoms with Crippen LogP contribution in [0.3, 0.4) is 0 Å². The molecule has 0 aromatic carbocycles. The molecule has 1 N–H and O–H groups in total. The second-order valence-corrected chi connectivity index (χ2v) is 7.50. The van der Waals surface area contributed by atoms with E-state index in [1.807, 2.05) is 23.1 Å². The van der Waals surface area contributed by atoms with Crippen LogP contribution in [0, 0.1) is 0 Å². The van der Waals surface area contributed by atoms with E-state index in [4.69, 9.17) is 9.73 Å². The van der Waals surface area contributed by atoms with Gasteiger partial charge < -0.3 is 10.1 Å². The van der Waals surface area contributed by atoms with E-state index >= 15 is 0 Å². The van der Waals surface area contributed by atoms with Gasteiger partial charge in [0.05, 0.1) is 11.6 Å². The van der Waals surface area contributed by atoms with Gasteiger partial charge in [-0.3, -0.25) is 4.99 Å². The summed E-state index contributed by atoms with van der Waals surface area (Å²) in [6.45, 7) is 3.99. The van der Waals surface area contributed by atoms with Gasteiger partial charge in [-0.15, -0.1) is 11.3 Å². The van der Waals surface area contributed by atoms with E-state index in [2.05, 4.69) is 29.8 Å². The van der Waals surface area contributed by atoms with Crippen molar-refractivity contribution >= 4 is 28.3 Å². The largest absolute Gasteiger partial charge is 0.381 e. The monoisotopic (exact) mass is 310 g/mol.